The van der Waals surface area contributed by atoms with E-state index in [1.807, 2.05) is 30.3 Å². The Balaban J connectivity index is 3.10. The minimum atomic E-state index is -2.13. The van der Waals surface area contributed by atoms with Crippen molar-refractivity contribution >= 4 is 24.3 Å². The van der Waals surface area contributed by atoms with Crippen LogP contribution in [0.5, 0.6) is 0 Å². The maximum absolute atomic E-state index is 12.0. The molecular weight excluding hydrogens is 319 g/mol. The van der Waals surface area contributed by atoms with Crippen LogP contribution in [-0.4, -0.2) is 31.5 Å². The first-order valence-electron chi connectivity index (χ1n) is 6.00. The van der Waals surface area contributed by atoms with Gasteiger partial charge in [0.25, 0.3) is 0 Å². The zero-order chi connectivity index (χ0) is 13.1. The second-order valence-electron chi connectivity index (χ2n) is 5.57. The van der Waals surface area contributed by atoms with Crippen molar-refractivity contribution in [3.8, 4) is 0 Å². The fourth-order valence-electron chi connectivity index (χ4n) is 1.92. The van der Waals surface area contributed by atoms with Crippen LogP contribution in [-0.2, 0) is 9.53 Å². The Morgan fingerprint density at radius 2 is 1.71 bits per heavy atom. The summed E-state index contributed by atoms with van der Waals surface area (Å²) >= 11 is -2.13. The van der Waals surface area contributed by atoms with Gasteiger partial charge in [-0.1, -0.05) is 0 Å². The first kappa shape index (κ1) is 14.5. The topological polar surface area (TPSA) is 26.3 Å². The standard InChI is InChI=1S/C11H13O2.3CH3.Sn/c1-3-10(11(12)13-2)9-7-5-4-6-8-9;;;;/h3-8,10H,1-2H3;3*1H3;. The number of carbonyl (C=O) groups is 1. The molecule has 0 amide bonds. The second kappa shape index (κ2) is 5.89. The molecule has 0 aliphatic rings. The van der Waals surface area contributed by atoms with Gasteiger partial charge in [-0.25, -0.2) is 0 Å². The molecule has 2 nitrogen and oxygen atoms in total. The van der Waals surface area contributed by atoms with Gasteiger partial charge in [-0.2, -0.15) is 0 Å². The summed E-state index contributed by atoms with van der Waals surface area (Å²) in [5, 5.41) is 0. The molecule has 2 unspecified atom stereocenters. The van der Waals surface area contributed by atoms with Crippen LogP contribution in [0.25, 0.3) is 0 Å². The number of benzene rings is 1. The average molecular weight is 341 g/mol. The third-order valence-corrected chi connectivity index (χ3v) is 12.2. The molecule has 0 heterocycles. The maximum atomic E-state index is 12.0. The van der Waals surface area contributed by atoms with Crippen molar-refractivity contribution in [2.75, 3.05) is 7.11 Å². The first-order chi connectivity index (χ1) is 7.88. The van der Waals surface area contributed by atoms with Gasteiger partial charge in [0.1, 0.15) is 0 Å². The van der Waals surface area contributed by atoms with Crippen molar-refractivity contribution < 1.29 is 9.53 Å². The van der Waals surface area contributed by atoms with Gasteiger partial charge in [0.2, 0.25) is 0 Å². The summed E-state index contributed by atoms with van der Waals surface area (Å²) in [7, 11) is 1.48. The van der Waals surface area contributed by atoms with Gasteiger partial charge in [0.15, 0.2) is 0 Å². The van der Waals surface area contributed by atoms with Gasteiger partial charge in [-0.15, -0.1) is 0 Å². The van der Waals surface area contributed by atoms with Gasteiger partial charge < -0.3 is 0 Å². The molecular formula is C14H22O2Sn. The van der Waals surface area contributed by atoms with Gasteiger partial charge >= 0.3 is 108 Å². The Morgan fingerprint density at radius 1 is 1.18 bits per heavy atom. The molecule has 0 N–H and O–H groups in total. The molecule has 1 aromatic rings. The molecule has 0 radical (unpaired) electrons. The van der Waals surface area contributed by atoms with Crippen LogP contribution in [0.1, 0.15) is 18.4 Å². The van der Waals surface area contributed by atoms with Crippen molar-refractivity contribution in [3.05, 3.63) is 35.9 Å². The fourth-order valence-corrected chi connectivity index (χ4v) is 5.71. The Hall–Kier alpha value is -0.511. The summed E-state index contributed by atoms with van der Waals surface area (Å²) in [6, 6.07) is 9.99. The van der Waals surface area contributed by atoms with E-state index in [1.165, 1.54) is 7.11 Å². The van der Waals surface area contributed by atoms with E-state index in [0.29, 0.717) is 3.93 Å². The molecule has 0 spiro atoms. The number of methoxy groups -OCH3 is 1. The van der Waals surface area contributed by atoms with Crippen molar-refractivity contribution in [2.45, 2.75) is 31.6 Å². The Bertz CT molecular complexity index is 368. The number of hydrogen-bond acceptors (Lipinski definition) is 2. The third kappa shape index (κ3) is 3.73. The summed E-state index contributed by atoms with van der Waals surface area (Å²) in [5.41, 5.74) is 1.08. The van der Waals surface area contributed by atoms with E-state index >= 15 is 0 Å². The van der Waals surface area contributed by atoms with Crippen molar-refractivity contribution in [1.29, 1.82) is 0 Å². The SMILES string of the molecule is COC(=O)C(c1ccccc1)[CH](C)[Sn]([CH3])([CH3])[CH3]. The van der Waals surface area contributed by atoms with Crippen LogP contribution in [0.2, 0.25) is 18.8 Å². The second-order valence-corrected chi connectivity index (χ2v) is 21.7. The minimum absolute atomic E-state index is 0.100. The van der Waals surface area contributed by atoms with E-state index in [0.717, 1.165) is 5.56 Å². The quantitative estimate of drug-likeness (QED) is 0.617. The van der Waals surface area contributed by atoms with Crippen LogP contribution in [0, 0.1) is 0 Å². The summed E-state index contributed by atoms with van der Waals surface area (Å²) in [4.78, 5) is 19.1. The van der Waals surface area contributed by atoms with Crippen LogP contribution in [0.4, 0.5) is 0 Å². The average Bonchev–Trinajstić information content (AvgIpc) is 2.29. The Kier molecular flexibility index (Phi) is 5.04. The zero-order valence-electron chi connectivity index (χ0n) is 11.4. The zero-order valence-corrected chi connectivity index (χ0v) is 14.2. The van der Waals surface area contributed by atoms with E-state index in [4.69, 9.17) is 4.74 Å². The molecule has 1 aromatic carbocycles. The molecule has 3 heteroatoms. The number of hydrogen-bond donors (Lipinski definition) is 0. The van der Waals surface area contributed by atoms with Crippen molar-refractivity contribution in [3.63, 3.8) is 0 Å². The third-order valence-electron chi connectivity index (χ3n) is 3.48. The molecule has 0 aliphatic heterocycles. The monoisotopic (exact) mass is 342 g/mol. The summed E-state index contributed by atoms with van der Waals surface area (Å²) in [6.07, 6.45) is 0. The summed E-state index contributed by atoms with van der Waals surface area (Å²) < 4.78 is 5.41. The van der Waals surface area contributed by atoms with Crippen molar-refractivity contribution in [1.82, 2.24) is 0 Å². The normalized spacial score (nSPS) is 15.1. The number of rotatable bonds is 4. The van der Waals surface area contributed by atoms with Crippen LogP contribution < -0.4 is 0 Å². The number of esters is 1. The molecule has 2 atom stereocenters. The molecule has 1 rings (SSSR count). The van der Waals surface area contributed by atoms with E-state index in [2.05, 4.69) is 21.7 Å². The van der Waals surface area contributed by atoms with E-state index < -0.39 is 18.4 Å². The van der Waals surface area contributed by atoms with Crippen LogP contribution in [0.15, 0.2) is 30.3 Å². The van der Waals surface area contributed by atoms with Crippen LogP contribution in [0.3, 0.4) is 0 Å². The summed E-state index contributed by atoms with van der Waals surface area (Å²) in [6.45, 7) is 2.20. The Morgan fingerprint density at radius 3 is 2.12 bits per heavy atom. The molecule has 0 aliphatic carbocycles. The van der Waals surface area contributed by atoms with Gasteiger partial charge in [0, 0.05) is 0 Å². The number of ether oxygens (including phenoxy) is 1. The van der Waals surface area contributed by atoms with Crippen molar-refractivity contribution in [2.24, 2.45) is 0 Å². The molecule has 0 saturated heterocycles. The molecule has 0 aromatic heterocycles. The van der Waals surface area contributed by atoms with Gasteiger partial charge in [-0.3, -0.25) is 0 Å². The van der Waals surface area contributed by atoms with Crippen LogP contribution >= 0.6 is 0 Å². The Labute approximate surface area is 108 Å². The molecule has 0 bridgehead atoms. The molecule has 17 heavy (non-hydrogen) atoms. The van der Waals surface area contributed by atoms with Gasteiger partial charge in [-0.05, 0) is 0 Å². The summed E-state index contributed by atoms with van der Waals surface area (Å²) in [5.74, 6) is -0.202. The molecule has 94 valence electrons. The van der Waals surface area contributed by atoms with E-state index in [1.54, 1.807) is 0 Å². The predicted molar refractivity (Wildman–Crippen MR) is 74.0 cm³/mol. The molecule has 0 saturated carbocycles. The van der Waals surface area contributed by atoms with Gasteiger partial charge in [0.05, 0.1) is 0 Å². The van der Waals surface area contributed by atoms with E-state index in [9.17, 15) is 4.79 Å². The predicted octanol–water partition coefficient (Wildman–Crippen LogP) is 3.67. The fraction of sp³-hybridized carbons (Fsp3) is 0.500. The number of carbonyl (C=O) groups excluding carboxylic acids is 1. The first-order valence-corrected chi connectivity index (χ1v) is 16.2. The molecule has 0 fully saturated rings. The van der Waals surface area contributed by atoms with E-state index in [-0.39, 0.29) is 11.9 Å².